The van der Waals surface area contributed by atoms with Gasteiger partial charge in [0, 0.05) is 17.6 Å². The van der Waals surface area contributed by atoms with Gasteiger partial charge in [-0.15, -0.1) is 0 Å². The van der Waals surface area contributed by atoms with Gasteiger partial charge in [0.25, 0.3) is 0 Å². The topological polar surface area (TPSA) is 75.4 Å². The van der Waals surface area contributed by atoms with E-state index in [1.54, 1.807) is 0 Å². The van der Waals surface area contributed by atoms with Gasteiger partial charge in [0.2, 0.25) is 0 Å². The van der Waals surface area contributed by atoms with E-state index in [1.807, 2.05) is 13.0 Å². The molecule has 0 aromatic carbocycles. The molecular weight excluding hydrogens is 244 g/mol. The van der Waals surface area contributed by atoms with Crippen molar-refractivity contribution < 1.29 is 14.4 Å². The number of aromatic nitrogens is 1. The van der Waals surface area contributed by atoms with Gasteiger partial charge in [-0.1, -0.05) is 18.2 Å². The van der Waals surface area contributed by atoms with Gasteiger partial charge >= 0.3 is 5.97 Å². The molecule has 19 heavy (non-hydrogen) atoms. The minimum atomic E-state index is -1.03. The molecule has 3 heterocycles. The lowest BCUT2D eigenvalue weighted by molar-refractivity contribution is 0.0684. The third-order valence-corrected chi connectivity index (χ3v) is 4.22. The van der Waals surface area contributed by atoms with Gasteiger partial charge in [-0.3, -0.25) is 0 Å². The Labute approximate surface area is 111 Å². The zero-order chi connectivity index (χ0) is 13.4. The van der Waals surface area contributed by atoms with E-state index < -0.39 is 5.97 Å². The Morgan fingerprint density at radius 1 is 1.58 bits per heavy atom. The standard InChI is InChI=1S/C14H18N2O3/c1-2-10-12(19-16-13(10)14(17)18)6-3-8-7-9-4-5-11(8)15-9/h3,6,8-9,11,15H,2,4-5,7H2,1H3,(H,17,18)/b6-3+. The SMILES string of the molecule is CCc1c(C(=O)O)noc1/C=C/C1CC2CCC1N2. The number of carboxylic acids is 1. The van der Waals surface area contributed by atoms with Crippen molar-refractivity contribution in [1.29, 1.82) is 0 Å². The molecule has 3 rings (SSSR count). The van der Waals surface area contributed by atoms with Crippen molar-refractivity contribution in [3.05, 3.63) is 23.1 Å². The maximum absolute atomic E-state index is 11.0. The third kappa shape index (κ3) is 2.18. The molecule has 0 aliphatic carbocycles. The Morgan fingerprint density at radius 2 is 2.42 bits per heavy atom. The summed E-state index contributed by atoms with van der Waals surface area (Å²) in [6.45, 7) is 1.91. The molecular formula is C14H18N2O3. The Bertz CT molecular complexity index is 521. The monoisotopic (exact) mass is 262 g/mol. The van der Waals surface area contributed by atoms with E-state index in [2.05, 4.69) is 16.5 Å². The number of carbonyl (C=O) groups is 1. The van der Waals surface area contributed by atoms with Crippen molar-refractivity contribution in [2.24, 2.45) is 5.92 Å². The van der Waals surface area contributed by atoms with Crippen LogP contribution >= 0.6 is 0 Å². The quantitative estimate of drug-likeness (QED) is 0.869. The first kappa shape index (κ1) is 12.4. The fraction of sp³-hybridized carbons (Fsp3) is 0.571. The number of hydrogen-bond donors (Lipinski definition) is 2. The second-order valence-corrected chi connectivity index (χ2v) is 5.34. The maximum atomic E-state index is 11.0. The summed E-state index contributed by atoms with van der Waals surface area (Å²) in [5.74, 6) is 0.0892. The fourth-order valence-corrected chi connectivity index (χ4v) is 3.25. The van der Waals surface area contributed by atoms with Crippen LogP contribution in [0.15, 0.2) is 10.6 Å². The average Bonchev–Trinajstić information content (AvgIpc) is 3.09. The Balaban J connectivity index is 1.78. The lowest BCUT2D eigenvalue weighted by Gasteiger charge is -2.15. The van der Waals surface area contributed by atoms with Gasteiger partial charge in [-0.05, 0) is 37.7 Å². The molecule has 5 nitrogen and oxygen atoms in total. The van der Waals surface area contributed by atoms with Crippen LogP contribution in [0.25, 0.3) is 6.08 Å². The zero-order valence-corrected chi connectivity index (χ0v) is 10.9. The molecule has 2 aliphatic rings. The van der Waals surface area contributed by atoms with Gasteiger partial charge in [0.05, 0.1) is 0 Å². The van der Waals surface area contributed by atoms with Gasteiger partial charge in [-0.2, -0.15) is 0 Å². The van der Waals surface area contributed by atoms with Crippen LogP contribution in [0.3, 0.4) is 0 Å². The van der Waals surface area contributed by atoms with E-state index in [-0.39, 0.29) is 5.69 Å². The van der Waals surface area contributed by atoms with Crippen LogP contribution in [0.4, 0.5) is 0 Å². The number of hydrogen-bond acceptors (Lipinski definition) is 4. The molecule has 2 fully saturated rings. The van der Waals surface area contributed by atoms with Gasteiger partial charge < -0.3 is 14.9 Å². The summed E-state index contributed by atoms with van der Waals surface area (Å²) in [7, 11) is 0. The minimum absolute atomic E-state index is 0.0354. The normalized spacial score (nSPS) is 29.4. The van der Waals surface area contributed by atoms with Crippen LogP contribution in [0.1, 0.15) is 48.0 Å². The van der Waals surface area contributed by atoms with Crippen molar-refractivity contribution in [1.82, 2.24) is 10.5 Å². The maximum Gasteiger partial charge on any atom is 0.358 e. The molecule has 2 N–H and O–H groups in total. The van der Waals surface area contributed by atoms with E-state index in [0.717, 1.165) is 0 Å². The molecule has 0 radical (unpaired) electrons. The fourth-order valence-electron chi connectivity index (χ4n) is 3.25. The number of fused-ring (bicyclic) bond motifs is 2. The molecule has 3 atom stereocenters. The lowest BCUT2D eigenvalue weighted by atomic mass is 9.89. The van der Waals surface area contributed by atoms with Crippen LogP contribution in [0.5, 0.6) is 0 Å². The molecule has 3 unspecified atom stereocenters. The van der Waals surface area contributed by atoms with Crippen molar-refractivity contribution in [2.45, 2.75) is 44.7 Å². The summed E-state index contributed by atoms with van der Waals surface area (Å²) in [5, 5.41) is 16.2. The molecule has 5 heteroatoms. The molecule has 2 saturated heterocycles. The summed E-state index contributed by atoms with van der Waals surface area (Å²) in [6, 6.07) is 1.24. The second-order valence-electron chi connectivity index (χ2n) is 5.34. The van der Waals surface area contributed by atoms with E-state index in [4.69, 9.17) is 9.63 Å². The summed E-state index contributed by atoms with van der Waals surface area (Å²) < 4.78 is 5.15. The van der Waals surface area contributed by atoms with Crippen molar-refractivity contribution in [3.8, 4) is 0 Å². The van der Waals surface area contributed by atoms with E-state index in [9.17, 15) is 4.79 Å². The average molecular weight is 262 g/mol. The largest absolute Gasteiger partial charge is 0.476 e. The first-order valence-electron chi connectivity index (χ1n) is 6.85. The summed E-state index contributed by atoms with van der Waals surface area (Å²) in [5.41, 5.74) is 0.716. The number of aromatic carboxylic acids is 1. The number of carboxylic acid groups (broad SMARTS) is 1. The van der Waals surface area contributed by atoms with Gasteiger partial charge in [0.1, 0.15) is 0 Å². The third-order valence-electron chi connectivity index (χ3n) is 4.22. The Hall–Kier alpha value is -1.62. The smallest absolute Gasteiger partial charge is 0.358 e. The molecule has 0 amide bonds. The van der Waals surface area contributed by atoms with Gasteiger partial charge in [0.15, 0.2) is 11.5 Å². The molecule has 1 aromatic rings. The minimum Gasteiger partial charge on any atom is -0.476 e. The first-order chi connectivity index (χ1) is 9.19. The summed E-state index contributed by atoms with van der Waals surface area (Å²) in [4.78, 5) is 11.0. The highest BCUT2D eigenvalue weighted by molar-refractivity contribution is 5.87. The summed E-state index contributed by atoms with van der Waals surface area (Å²) in [6.07, 6.45) is 8.33. The number of rotatable bonds is 4. The van der Waals surface area contributed by atoms with Gasteiger partial charge in [-0.25, -0.2) is 4.79 Å². The van der Waals surface area contributed by atoms with Crippen molar-refractivity contribution in [3.63, 3.8) is 0 Å². The molecule has 1 aromatic heterocycles. The molecule has 0 spiro atoms. The summed E-state index contributed by atoms with van der Waals surface area (Å²) >= 11 is 0. The van der Waals surface area contributed by atoms with Crippen LogP contribution in [-0.4, -0.2) is 28.3 Å². The van der Waals surface area contributed by atoms with Crippen LogP contribution in [0.2, 0.25) is 0 Å². The molecule has 2 aliphatic heterocycles. The van der Waals surface area contributed by atoms with Crippen molar-refractivity contribution >= 4 is 12.0 Å². The Morgan fingerprint density at radius 3 is 3.00 bits per heavy atom. The Kier molecular flexibility index (Phi) is 3.14. The van der Waals surface area contributed by atoms with E-state index >= 15 is 0 Å². The molecule has 0 saturated carbocycles. The zero-order valence-electron chi connectivity index (χ0n) is 10.9. The highest BCUT2D eigenvalue weighted by Crippen LogP contribution is 2.34. The lowest BCUT2D eigenvalue weighted by Crippen LogP contribution is -2.21. The highest BCUT2D eigenvalue weighted by atomic mass is 16.5. The van der Waals surface area contributed by atoms with Crippen LogP contribution in [0, 0.1) is 5.92 Å². The molecule has 102 valence electrons. The van der Waals surface area contributed by atoms with Crippen LogP contribution < -0.4 is 5.32 Å². The number of nitrogens with one attached hydrogen (secondary N) is 1. The first-order valence-corrected chi connectivity index (χ1v) is 6.85. The highest BCUT2D eigenvalue weighted by Gasteiger charge is 2.37. The predicted molar refractivity (Wildman–Crippen MR) is 69.9 cm³/mol. The van der Waals surface area contributed by atoms with E-state index in [1.165, 1.54) is 19.3 Å². The second kappa shape index (κ2) is 4.81. The van der Waals surface area contributed by atoms with Crippen LogP contribution in [-0.2, 0) is 6.42 Å². The van der Waals surface area contributed by atoms with Crippen molar-refractivity contribution in [2.75, 3.05) is 0 Å². The number of nitrogens with zero attached hydrogens (tertiary/aromatic N) is 1. The predicted octanol–water partition coefficient (Wildman–Crippen LogP) is 2.09. The van der Waals surface area contributed by atoms with E-state index in [0.29, 0.717) is 35.7 Å². The molecule has 2 bridgehead atoms.